The number of carbonyl (C=O) groups excluding carboxylic acids is 1. The molecule has 2 aromatic heterocycles. The third-order valence-corrected chi connectivity index (χ3v) is 4.12. The number of thiophene rings is 1. The molecule has 0 bridgehead atoms. The molecule has 0 saturated heterocycles. The Morgan fingerprint density at radius 1 is 1.21 bits per heavy atom. The number of pyridine rings is 1. The number of rotatable bonds is 3. The van der Waals surface area contributed by atoms with Crippen molar-refractivity contribution in [3.63, 3.8) is 0 Å². The van der Waals surface area contributed by atoms with E-state index < -0.39 is 0 Å². The number of hydrogen-bond acceptors (Lipinski definition) is 3. The summed E-state index contributed by atoms with van der Waals surface area (Å²) in [6, 6.07) is 13.1. The van der Waals surface area contributed by atoms with Gasteiger partial charge in [-0.1, -0.05) is 17.7 Å². The second-order valence-electron chi connectivity index (χ2n) is 4.22. The second-order valence-corrected chi connectivity index (χ2v) is 6.02. The molecule has 0 unspecified atom stereocenters. The van der Waals surface area contributed by atoms with Gasteiger partial charge in [0.25, 0.3) is 0 Å². The van der Waals surface area contributed by atoms with Gasteiger partial charge in [-0.05, 0) is 36.4 Å². The summed E-state index contributed by atoms with van der Waals surface area (Å²) in [4.78, 5) is 17.4. The van der Waals surface area contributed by atoms with Gasteiger partial charge in [-0.3, -0.25) is 9.78 Å². The molecule has 3 aromatic rings. The van der Waals surface area contributed by atoms with Crippen LogP contribution < -0.4 is 0 Å². The average molecular weight is 288 g/mol. The van der Waals surface area contributed by atoms with Gasteiger partial charge in [-0.25, -0.2) is 0 Å². The van der Waals surface area contributed by atoms with Crippen LogP contribution in [0, 0.1) is 0 Å². The first-order chi connectivity index (χ1) is 9.22. The first-order valence-electron chi connectivity index (χ1n) is 5.84. The predicted molar refractivity (Wildman–Crippen MR) is 79.1 cm³/mol. The Hall–Kier alpha value is -1.71. The highest BCUT2D eigenvalue weighted by Crippen LogP contribution is 2.23. The first kappa shape index (κ1) is 12.3. The molecule has 0 aliphatic heterocycles. The maximum absolute atomic E-state index is 12.2. The van der Waals surface area contributed by atoms with Gasteiger partial charge < -0.3 is 0 Å². The van der Waals surface area contributed by atoms with Crippen molar-refractivity contribution in [3.8, 4) is 0 Å². The highest BCUT2D eigenvalue weighted by Gasteiger charge is 2.09. The topological polar surface area (TPSA) is 30.0 Å². The lowest BCUT2D eigenvalue weighted by Crippen LogP contribution is -2.02. The van der Waals surface area contributed by atoms with Crippen molar-refractivity contribution in [2.24, 2.45) is 0 Å². The van der Waals surface area contributed by atoms with Crippen LogP contribution in [-0.4, -0.2) is 10.8 Å². The number of nitrogens with zero attached hydrogens (tertiary/aromatic N) is 1. The third kappa shape index (κ3) is 2.67. The van der Waals surface area contributed by atoms with Crippen LogP contribution in [0.2, 0.25) is 4.34 Å². The van der Waals surface area contributed by atoms with Gasteiger partial charge in [0, 0.05) is 28.4 Å². The van der Waals surface area contributed by atoms with E-state index in [0.29, 0.717) is 16.3 Å². The van der Waals surface area contributed by atoms with E-state index in [1.807, 2.05) is 42.5 Å². The Bertz CT molecular complexity index is 750. The van der Waals surface area contributed by atoms with Crippen LogP contribution in [0.15, 0.2) is 48.7 Å². The minimum Gasteiger partial charge on any atom is -0.294 e. The highest BCUT2D eigenvalue weighted by molar-refractivity contribution is 7.16. The summed E-state index contributed by atoms with van der Waals surface area (Å²) in [6.45, 7) is 0. The van der Waals surface area contributed by atoms with Gasteiger partial charge in [-0.2, -0.15) is 0 Å². The fourth-order valence-electron chi connectivity index (χ4n) is 1.96. The monoisotopic (exact) mass is 287 g/mol. The van der Waals surface area contributed by atoms with Crippen molar-refractivity contribution in [1.29, 1.82) is 0 Å². The number of halogens is 1. The number of fused-ring (bicyclic) bond motifs is 1. The minimum atomic E-state index is 0.101. The Kier molecular flexibility index (Phi) is 3.32. The first-order valence-corrected chi connectivity index (χ1v) is 7.04. The number of benzene rings is 1. The van der Waals surface area contributed by atoms with Gasteiger partial charge in [0.15, 0.2) is 5.78 Å². The molecule has 4 heteroatoms. The van der Waals surface area contributed by atoms with Crippen LogP contribution in [-0.2, 0) is 6.42 Å². The second kappa shape index (κ2) is 5.11. The molecule has 2 heterocycles. The molecule has 0 amide bonds. The summed E-state index contributed by atoms with van der Waals surface area (Å²) < 4.78 is 0.713. The molecule has 3 rings (SSSR count). The van der Waals surface area contributed by atoms with Crippen molar-refractivity contribution in [1.82, 2.24) is 4.98 Å². The molecule has 0 aliphatic carbocycles. The lowest BCUT2D eigenvalue weighted by Gasteiger charge is -2.01. The molecule has 0 saturated carbocycles. The largest absolute Gasteiger partial charge is 0.294 e. The zero-order valence-corrected chi connectivity index (χ0v) is 11.5. The molecular formula is C15H10ClNOS. The van der Waals surface area contributed by atoms with Crippen LogP contribution in [0.25, 0.3) is 10.9 Å². The van der Waals surface area contributed by atoms with E-state index >= 15 is 0 Å². The Labute approximate surface area is 119 Å². The van der Waals surface area contributed by atoms with Crippen molar-refractivity contribution < 1.29 is 4.79 Å². The number of hydrogen-bond donors (Lipinski definition) is 0. The molecule has 94 valence electrons. The highest BCUT2D eigenvalue weighted by atomic mass is 35.5. The van der Waals surface area contributed by atoms with Crippen LogP contribution in [0.5, 0.6) is 0 Å². The number of ketones is 1. The average Bonchev–Trinajstić information content (AvgIpc) is 2.83. The summed E-state index contributed by atoms with van der Waals surface area (Å²) in [5, 5.41) is 0.984. The normalized spacial score (nSPS) is 10.8. The molecule has 1 aromatic carbocycles. The minimum absolute atomic E-state index is 0.101. The van der Waals surface area contributed by atoms with E-state index in [4.69, 9.17) is 11.6 Å². The molecule has 0 atom stereocenters. The van der Waals surface area contributed by atoms with Crippen molar-refractivity contribution in [2.75, 3.05) is 0 Å². The number of aromatic nitrogens is 1. The Morgan fingerprint density at radius 3 is 2.89 bits per heavy atom. The zero-order valence-electron chi connectivity index (χ0n) is 9.97. The summed E-state index contributed by atoms with van der Waals surface area (Å²) in [6.07, 6.45) is 2.14. The molecule has 0 spiro atoms. The smallest absolute Gasteiger partial charge is 0.168 e. The van der Waals surface area contributed by atoms with Crippen molar-refractivity contribution >= 4 is 39.6 Å². The third-order valence-electron chi connectivity index (χ3n) is 2.89. The fraction of sp³-hybridized carbons (Fsp3) is 0.0667. The van der Waals surface area contributed by atoms with Gasteiger partial charge in [0.1, 0.15) is 0 Å². The SMILES string of the molecule is O=C(Cc1ccc(Cl)s1)c1ccc2ncccc2c1. The number of Topliss-reactive ketones (excluding diaryl/α,β-unsaturated/α-hetero) is 1. The molecular weight excluding hydrogens is 278 g/mol. The van der Waals surface area contributed by atoms with E-state index in [0.717, 1.165) is 15.8 Å². The van der Waals surface area contributed by atoms with Gasteiger partial charge in [-0.15, -0.1) is 11.3 Å². The molecule has 0 fully saturated rings. The summed E-state index contributed by atoms with van der Waals surface area (Å²) >= 11 is 7.31. The van der Waals surface area contributed by atoms with E-state index in [1.165, 1.54) is 11.3 Å². The van der Waals surface area contributed by atoms with Crippen LogP contribution >= 0.6 is 22.9 Å². The Balaban J connectivity index is 1.89. The van der Waals surface area contributed by atoms with Gasteiger partial charge >= 0.3 is 0 Å². The van der Waals surface area contributed by atoms with Crippen molar-refractivity contribution in [2.45, 2.75) is 6.42 Å². The number of carbonyl (C=O) groups is 1. The standard InChI is InChI=1S/C15H10ClNOS/c16-15-6-4-12(19-15)9-14(18)11-3-5-13-10(8-11)2-1-7-17-13/h1-8H,9H2. The van der Waals surface area contributed by atoms with Crippen molar-refractivity contribution in [3.05, 3.63) is 63.4 Å². The predicted octanol–water partition coefficient (Wildman–Crippen LogP) is 4.38. The lowest BCUT2D eigenvalue weighted by molar-refractivity contribution is 0.0994. The molecule has 0 aliphatic rings. The van der Waals surface area contributed by atoms with E-state index in [1.54, 1.807) is 6.20 Å². The van der Waals surface area contributed by atoms with Gasteiger partial charge in [0.2, 0.25) is 0 Å². The summed E-state index contributed by atoms with van der Waals surface area (Å²) in [5.41, 5.74) is 1.61. The van der Waals surface area contributed by atoms with Crippen LogP contribution in [0.1, 0.15) is 15.2 Å². The van der Waals surface area contributed by atoms with E-state index in [-0.39, 0.29) is 5.78 Å². The van der Waals surface area contributed by atoms with E-state index in [2.05, 4.69) is 4.98 Å². The molecule has 0 radical (unpaired) electrons. The molecule has 0 N–H and O–H groups in total. The quantitative estimate of drug-likeness (QED) is 0.669. The zero-order chi connectivity index (χ0) is 13.2. The summed E-state index contributed by atoms with van der Waals surface area (Å²) in [5.74, 6) is 0.101. The lowest BCUT2D eigenvalue weighted by atomic mass is 10.0. The summed E-state index contributed by atoms with van der Waals surface area (Å²) in [7, 11) is 0. The molecule has 19 heavy (non-hydrogen) atoms. The maximum Gasteiger partial charge on any atom is 0.168 e. The Morgan fingerprint density at radius 2 is 2.11 bits per heavy atom. The fourth-order valence-corrected chi connectivity index (χ4v) is 3.04. The molecule has 2 nitrogen and oxygen atoms in total. The maximum atomic E-state index is 12.2. The van der Waals surface area contributed by atoms with Crippen LogP contribution in [0.3, 0.4) is 0 Å². The van der Waals surface area contributed by atoms with E-state index in [9.17, 15) is 4.79 Å². The van der Waals surface area contributed by atoms with Crippen LogP contribution in [0.4, 0.5) is 0 Å². The van der Waals surface area contributed by atoms with Gasteiger partial charge in [0.05, 0.1) is 9.85 Å².